The van der Waals surface area contributed by atoms with Crippen molar-refractivity contribution in [3.8, 4) is 11.5 Å². The maximum absolute atomic E-state index is 11.6. The van der Waals surface area contributed by atoms with E-state index in [1.807, 2.05) is 11.2 Å². The van der Waals surface area contributed by atoms with Crippen molar-refractivity contribution in [1.82, 2.24) is 4.31 Å². The number of benzene rings is 1. The third kappa shape index (κ3) is 2.89. The summed E-state index contributed by atoms with van der Waals surface area (Å²) in [5.41, 5.74) is 0.625. The molecule has 1 fully saturated rings. The number of ether oxygens (including phenoxy) is 2. The summed E-state index contributed by atoms with van der Waals surface area (Å²) in [6.45, 7) is 4.96. The molecule has 0 aliphatic carbocycles. The summed E-state index contributed by atoms with van der Waals surface area (Å²) >= 11 is 6.21. The average molecular weight is 374 g/mol. The van der Waals surface area contributed by atoms with E-state index in [1.165, 1.54) is 6.07 Å². The Labute approximate surface area is 148 Å². The van der Waals surface area contributed by atoms with Gasteiger partial charge in [-0.05, 0) is 25.8 Å². The Hall–Kier alpha value is -1.31. The number of halogens is 1. The quantitative estimate of drug-likeness (QED) is 0.881. The third-order valence-electron chi connectivity index (χ3n) is 4.84. The van der Waals surface area contributed by atoms with E-state index < -0.39 is 22.7 Å². The van der Waals surface area contributed by atoms with Crippen LogP contribution in [-0.2, 0) is 11.0 Å². The number of aromatic carboxylic acids is 1. The van der Waals surface area contributed by atoms with Crippen molar-refractivity contribution in [3.05, 3.63) is 22.2 Å². The van der Waals surface area contributed by atoms with E-state index in [9.17, 15) is 14.1 Å². The van der Waals surface area contributed by atoms with Crippen LogP contribution >= 0.6 is 11.6 Å². The SMILES string of the molecule is Cc1c(C(=O)O)cc(Cl)c2c1OC(C)(C1CCN(S(C)=O)CC1)O2. The van der Waals surface area contributed by atoms with Gasteiger partial charge in [0.25, 0.3) is 5.79 Å². The van der Waals surface area contributed by atoms with Gasteiger partial charge in [-0.15, -0.1) is 0 Å². The Balaban J connectivity index is 1.85. The lowest BCUT2D eigenvalue weighted by atomic mass is 9.90. The van der Waals surface area contributed by atoms with E-state index in [2.05, 4.69) is 0 Å². The number of piperidine rings is 1. The summed E-state index contributed by atoms with van der Waals surface area (Å²) in [6, 6.07) is 1.40. The van der Waals surface area contributed by atoms with E-state index in [0.29, 0.717) is 30.2 Å². The van der Waals surface area contributed by atoms with Gasteiger partial charge >= 0.3 is 5.97 Å². The van der Waals surface area contributed by atoms with Gasteiger partial charge in [0.2, 0.25) is 0 Å². The number of carbonyl (C=O) groups is 1. The van der Waals surface area contributed by atoms with Crippen molar-refractivity contribution in [3.63, 3.8) is 0 Å². The van der Waals surface area contributed by atoms with Crippen LogP contribution in [0.4, 0.5) is 0 Å². The molecule has 0 aromatic heterocycles. The maximum Gasteiger partial charge on any atom is 0.336 e. The minimum absolute atomic E-state index is 0.105. The lowest BCUT2D eigenvalue weighted by Gasteiger charge is -2.37. The Morgan fingerprint density at radius 1 is 1.38 bits per heavy atom. The molecule has 1 aromatic carbocycles. The Morgan fingerprint density at radius 2 is 1.96 bits per heavy atom. The average Bonchev–Trinajstić information content (AvgIpc) is 2.91. The highest BCUT2D eigenvalue weighted by Gasteiger charge is 2.47. The Bertz CT molecular complexity index is 717. The summed E-state index contributed by atoms with van der Waals surface area (Å²) in [7, 11) is -0.972. The molecule has 2 aliphatic rings. The molecule has 2 heterocycles. The molecule has 0 saturated carbocycles. The number of rotatable bonds is 3. The van der Waals surface area contributed by atoms with Gasteiger partial charge in [-0.3, -0.25) is 0 Å². The highest BCUT2D eigenvalue weighted by molar-refractivity contribution is 7.81. The minimum Gasteiger partial charge on any atom is -0.478 e. The fraction of sp³-hybridized carbons (Fsp3) is 0.562. The number of nitrogens with zero attached hydrogens (tertiary/aromatic N) is 1. The van der Waals surface area contributed by atoms with Crippen LogP contribution < -0.4 is 9.47 Å². The smallest absolute Gasteiger partial charge is 0.336 e. The van der Waals surface area contributed by atoms with Crippen molar-refractivity contribution in [2.24, 2.45) is 5.92 Å². The predicted molar refractivity (Wildman–Crippen MR) is 91.2 cm³/mol. The van der Waals surface area contributed by atoms with Crippen LogP contribution in [0.5, 0.6) is 11.5 Å². The maximum atomic E-state index is 11.6. The zero-order valence-corrected chi connectivity index (χ0v) is 15.4. The first-order valence-corrected chi connectivity index (χ1v) is 9.65. The fourth-order valence-electron chi connectivity index (χ4n) is 3.37. The molecule has 0 spiro atoms. The molecule has 0 bridgehead atoms. The van der Waals surface area contributed by atoms with Crippen LogP contribution in [0.3, 0.4) is 0 Å². The van der Waals surface area contributed by atoms with Crippen molar-refractivity contribution in [2.75, 3.05) is 19.3 Å². The topological polar surface area (TPSA) is 76.1 Å². The van der Waals surface area contributed by atoms with Crippen LogP contribution in [0.1, 0.15) is 35.7 Å². The van der Waals surface area contributed by atoms with Crippen molar-refractivity contribution in [2.45, 2.75) is 32.5 Å². The summed E-state index contributed by atoms with van der Waals surface area (Å²) in [6.07, 6.45) is 3.25. The molecule has 2 aliphatic heterocycles. The van der Waals surface area contributed by atoms with Crippen LogP contribution in [-0.4, -0.2) is 44.7 Å². The predicted octanol–water partition coefficient (Wildman–Crippen LogP) is 2.84. The molecule has 24 heavy (non-hydrogen) atoms. The second-order valence-electron chi connectivity index (χ2n) is 6.34. The fourth-order valence-corrected chi connectivity index (χ4v) is 4.33. The van der Waals surface area contributed by atoms with E-state index in [1.54, 1.807) is 13.2 Å². The zero-order chi connectivity index (χ0) is 17.6. The molecule has 8 heteroatoms. The Kier molecular flexibility index (Phi) is 4.53. The standard InChI is InChI=1S/C16H20ClNO5S/c1-9-11(15(19)20)8-12(17)14-13(9)22-16(2,23-14)10-4-6-18(7-5-10)24(3)21/h8,10H,4-7H2,1-3H3,(H,19,20). The van der Waals surface area contributed by atoms with Crippen LogP contribution in [0.2, 0.25) is 5.02 Å². The number of carboxylic acid groups (broad SMARTS) is 1. The monoisotopic (exact) mass is 373 g/mol. The summed E-state index contributed by atoms with van der Waals surface area (Å²) in [5, 5.41) is 9.53. The van der Waals surface area contributed by atoms with E-state index in [0.717, 1.165) is 12.8 Å². The van der Waals surface area contributed by atoms with Gasteiger partial charge in [-0.2, -0.15) is 0 Å². The van der Waals surface area contributed by atoms with E-state index >= 15 is 0 Å². The van der Waals surface area contributed by atoms with Crippen LogP contribution in [0, 0.1) is 12.8 Å². The lowest BCUT2D eigenvalue weighted by Crippen LogP contribution is -2.48. The summed E-state index contributed by atoms with van der Waals surface area (Å²) in [4.78, 5) is 11.3. The molecular formula is C16H20ClNO5S. The molecule has 3 rings (SSSR count). The van der Waals surface area contributed by atoms with Crippen molar-refractivity contribution in [1.29, 1.82) is 0 Å². The molecule has 1 saturated heterocycles. The minimum atomic E-state index is -1.05. The summed E-state index contributed by atoms with van der Waals surface area (Å²) < 4.78 is 25.6. The van der Waals surface area contributed by atoms with Crippen molar-refractivity contribution < 1.29 is 23.6 Å². The number of fused-ring (bicyclic) bond motifs is 1. The number of carboxylic acids is 1. The first-order valence-electron chi connectivity index (χ1n) is 7.76. The molecule has 0 radical (unpaired) electrons. The zero-order valence-electron chi connectivity index (χ0n) is 13.8. The first-order chi connectivity index (χ1) is 11.2. The van der Waals surface area contributed by atoms with Crippen LogP contribution in [0.25, 0.3) is 0 Å². The molecule has 6 nitrogen and oxygen atoms in total. The molecule has 0 amide bonds. The molecule has 132 valence electrons. The van der Waals surface area contributed by atoms with E-state index in [-0.39, 0.29) is 16.5 Å². The van der Waals surface area contributed by atoms with Gasteiger partial charge in [0.15, 0.2) is 11.5 Å². The normalized spacial score (nSPS) is 25.7. The third-order valence-corrected chi connectivity index (χ3v) is 6.21. The molecular weight excluding hydrogens is 354 g/mol. The molecule has 2 unspecified atom stereocenters. The van der Waals surface area contributed by atoms with Crippen molar-refractivity contribution >= 4 is 28.6 Å². The van der Waals surface area contributed by atoms with Gasteiger partial charge < -0.3 is 14.6 Å². The largest absolute Gasteiger partial charge is 0.478 e. The lowest BCUT2D eigenvalue weighted by molar-refractivity contribution is -0.121. The van der Waals surface area contributed by atoms with Gasteiger partial charge in [-0.1, -0.05) is 11.6 Å². The van der Waals surface area contributed by atoms with Crippen LogP contribution in [0.15, 0.2) is 6.07 Å². The highest BCUT2D eigenvalue weighted by atomic mass is 35.5. The Morgan fingerprint density at radius 3 is 2.50 bits per heavy atom. The van der Waals surface area contributed by atoms with Gasteiger partial charge in [0.1, 0.15) is 0 Å². The molecule has 1 N–H and O–H groups in total. The first kappa shape index (κ1) is 17.5. The second kappa shape index (κ2) is 6.20. The number of hydrogen-bond acceptors (Lipinski definition) is 4. The molecule has 2 atom stereocenters. The van der Waals surface area contributed by atoms with Gasteiger partial charge in [0.05, 0.1) is 21.6 Å². The van der Waals surface area contributed by atoms with Gasteiger partial charge in [-0.25, -0.2) is 13.3 Å². The second-order valence-corrected chi connectivity index (χ2v) is 8.11. The van der Waals surface area contributed by atoms with Gasteiger partial charge in [0, 0.05) is 37.8 Å². The number of hydrogen-bond donors (Lipinski definition) is 1. The van der Waals surface area contributed by atoms with E-state index in [4.69, 9.17) is 21.1 Å². The highest BCUT2D eigenvalue weighted by Crippen LogP contribution is 2.50. The molecule has 1 aromatic rings. The summed E-state index contributed by atoms with van der Waals surface area (Å²) in [5.74, 6) is -1.02.